The van der Waals surface area contributed by atoms with Crippen LogP contribution in [0.3, 0.4) is 0 Å². The van der Waals surface area contributed by atoms with E-state index in [2.05, 4.69) is 65.7 Å². The number of hydrogen-bond acceptors (Lipinski definition) is 4. The van der Waals surface area contributed by atoms with Crippen molar-refractivity contribution in [1.82, 2.24) is 20.5 Å². The summed E-state index contributed by atoms with van der Waals surface area (Å²) in [5.41, 5.74) is 1.30. The highest BCUT2D eigenvalue weighted by Crippen LogP contribution is 2.20. The minimum atomic E-state index is -0.269. The van der Waals surface area contributed by atoms with Crippen LogP contribution >= 0.6 is 24.0 Å². The van der Waals surface area contributed by atoms with E-state index in [0.29, 0.717) is 24.9 Å². The zero-order valence-corrected chi connectivity index (χ0v) is 20.9. The third-order valence-electron chi connectivity index (χ3n) is 5.45. The maximum Gasteiger partial charge on any atom is 0.191 e. The summed E-state index contributed by atoms with van der Waals surface area (Å²) in [6.07, 6.45) is 2.56. The highest BCUT2D eigenvalue weighted by Gasteiger charge is 2.26. The van der Waals surface area contributed by atoms with Gasteiger partial charge in [-0.1, -0.05) is 30.3 Å². The van der Waals surface area contributed by atoms with Gasteiger partial charge in [-0.15, -0.1) is 24.0 Å². The monoisotopic (exact) mass is 540 g/mol. The molecule has 8 heteroatoms. The number of nitrogens with zero attached hydrogens (tertiary/aromatic N) is 4. The second-order valence-corrected chi connectivity index (χ2v) is 7.85. The summed E-state index contributed by atoms with van der Waals surface area (Å²) in [4.78, 5) is 13.3. The minimum absolute atomic E-state index is 0. The first-order chi connectivity index (χ1) is 14.6. The van der Waals surface area contributed by atoms with Crippen molar-refractivity contribution in [3.63, 3.8) is 0 Å². The van der Waals surface area contributed by atoms with E-state index in [1.54, 1.807) is 12.3 Å². The molecule has 0 spiro atoms. The first-order valence-corrected chi connectivity index (χ1v) is 10.7. The quantitative estimate of drug-likeness (QED) is 0.305. The minimum Gasteiger partial charge on any atom is -0.357 e. The fourth-order valence-electron chi connectivity index (χ4n) is 3.58. The van der Waals surface area contributed by atoms with E-state index >= 15 is 0 Å². The molecule has 31 heavy (non-hydrogen) atoms. The lowest BCUT2D eigenvalue weighted by atomic mass is 10.2. The van der Waals surface area contributed by atoms with Gasteiger partial charge in [0.2, 0.25) is 0 Å². The first-order valence-electron chi connectivity index (χ1n) is 10.7. The lowest BCUT2D eigenvalue weighted by Gasteiger charge is -2.24. The van der Waals surface area contributed by atoms with Crippen LogP contribution in [0.2, 0.25) is 0 Å². The molecule has 0 amide bonds. The van der Waals surface area contributed by atoms with E-state index in [9.17, 15) is 4.39 Å². The van der Waals surface area contributed by atoms with Crippen LogP contribution in [0.1, 0.15) is 25.8 Å². The second-order valence-electron chi connectivity index (χ2n) is 7.85. The van der Waals surface area contributed by atoms with E-state index in [1.165, 1.54) is 11.6 Å². The van der Waals surface area contributed by atoms with Gasteiger partial charge in [0, 0.05) is 44.5 Å². The maximum atomic E-state index is 14.0. The summed E-state index contributed by atoms with van der Waals surface area (Å²) >= 11 is 0. The van der Waals surface area contributed by atoms with Crippen LogP contribution in [0.5, 0.6) is 0 Å². The molecule has 1 saturated heterocycles. The average molecular weight is 540 g/mol. The van der Waals surface area contributed by atoms with Gasteiger partial charge in [-0.3, -0.25) is 9.89 Å². The molecule has 0 bridgehead atoms. The molecular weight excluding hydrogens is 506 g/mol. The van der Waals surface area contributed by atoms with Gasteiger partial charge >= 0.3 is 0 Å². The number of pyridine rings is 1. The Hall–Kier alpha value is -1.94. The molecule has 2 heterocycles. The Labute approximate surface area is 202 Å². The van der Waals surface area contributed by atoms with Crippen LogP contribution in [0.4, 0.5) is 10.2 Å². The predicted octanol–water partition coefficient (Wildman–Crippen LogP) is 3.49. The van der Waals surface area contributed by atoms with Crippen molar-refractivity contribution in [2.24, 2.45) is 4.99 Å². The molecular formula is C23H34FIN6. The highest BCUT2D eigenvalue weighted by molar-refractivity contribution is 14.0. The molecule has 1 fully saturated rings. The molecule has 1 aromatic heterocycles. The molecule has 2 aromatic rings. The molecule has 3 rings (SSSR count). The number of benzene rings is 1. The molecule has 0 aliphatic carbocycles. The number of anilines is 1. The van der Waals surface area contributed by atoms with E-state index < -0.39 is 0 Å². The number of guanidine groups is 1. The standard InChI is InChI=1S/C23H33FN6.HI/c1-4-25-23(27-15-18(2)29(3)16-19-9-6-5-7-10-19)28-20-12-14-30(17-20)22-21(24)11-8-13-26-22;/h5-11,13,18,20H,4,12,14-17H2,1-3H3,(H2,25,27,28);1H. The second kappa shape index (κ2) is 12.8. The van der Waals surface area contributed by atoms with E-state index in [1.807, 2.05) is 11.0 Å². The van der Waals surface area contributed by atoms with Gasteiger partial charge in [0.25, 0.3) is 0 Å². The summed E-state index contributed by atoms with van der Waals surface area (Å²) in [5, 5.41) is 6.84. The van der Waals surface area contributed by atoms with Gasteiger partial charge in [0.05, 0.1) is 6.54 Å². The number of aromatic nitrogens is 1. The van der Waals surface area contributed by atoms with Crippen molar-refractivity contribution in [2.75, 3.05) is 38.1 Å². The highest BCUT2D eigenvalue weighted by atomic mass is 127. The first kappa shape index (κ1) is 25.3. The van der Waals surface area contributed by atoms with Gasteiger partial charge in [0.1, 0.15) is 0 Å². The smallest absolute Gasteiger partial charge is 0.191 e. The van der Waals surface area contributed by atoms with Gasteiger partial charge in [-0.25, -0.2) is 9.37 Å². The van der Waals surface area contributed by atoms with E-state index in [-0.39, 0.29) is 35.8 Å². The van der Waals surface area contributed by atoms with Crippen LogP contribution < -0.4 is 15.5 Å². The number of rotatable bonds is 8. The van der Waals surface area contributed by atoms with Gasteiger partial charge in [-0.05, 0) is 45.0 Å². The Bertz CT molecular complexity index is 819. The number of aliphatic imine (C=N–C) groups is 1. The summed E-state index contributed by atoms with van der Waals surface area (Å²) < 4.78 is 14.0. The number of nitrogens with one attached hydrogen (secondary N) is 2. The molecule has 2 unspecified atom stereocenters. The number of hydrogen-bond donors (Lipinski definition) is 2. The third-order valence-corrected chi connectivity index (χ3v) is 5.45. The average Bonchev–Trinajstić information content (AvgIpc) is 3.21. The van der Waals surface area contributed by atoms with Crippen molar-refractivity contribution in [3.05, 3.63) is 60.0 Å². The summed E-state index contributed by atoms with van der Waals surface area (Å²) in [5.74, 6) is 0.972. The van der Waals surface area contributed by atoms with Gasteiger partial charge < -0.3 is 15.5 Å². The Morgan fingerprint density at radius 1 is 1.29 bits per heavy atom. The largest absolute Gasteiger partial charge is 0.357 e. The number of likely N-dealkylation sites (N-methyl/N-ethyl adjacent to an activating group) is 1. The maximum absolute atomic E-state index is 14.0. The third kappa shape index (κ3) is 7.60. The van der Waals surface area contributed by atoms with Crippen molar-refractivity contribution < 1.29 is 4.39 Å². The van der Waals surface area contributed by atoms with E-state index in [4.69, 9.17) is 4.99 Å². The SMILES string of the molecule is CCNC(=NCC(C)N(C)Cc1ccccc1)NC1CCN(c2ncccc2F)C1.I. The zero-order chi connectivity index (χ0) is 21.3. The normalized spacial score (nSPS) is 17.4. The molecule has 0 saturated carbocycles. The Morgan fingerprint density at radius 3 is 2.77 bits per heavy atom. The van der Waals surface area contributed by atoms with Gasteiger partial charge in [0.15, 0.2) is 17.6 Å². The lowest BCUT2D eigenvalue weighted by Crippen LogP contribution is -2.45. The summed E-state index contributed by atoms with van der Waals surface area (Å²) in [6.45, 7) is 8.14. The molecule has 2 N–H and O–H groups in total. The summed E-state index contributed by atoms with van der Waals surface area (Å²) in [6, 6.07) is 14.1. The van der Waals surface area contributed by atoms with Crippen LogP contribution in [0, 0.1) is 5.82 Å². The fourth-order valence-corrected chi connectivity index (χ4v) is 3.58. The van der Waals surface area contributed by atoms with Gasteiger partial charge in [-0.2, -0.15) is 0 Å². The Morgan fingerprint density at radius 2 is 2.06 bits per heavy atom. The fraction of sp³-hybridized carbons (Fsp3) is 0.478. The van der Waals surface area contributed by atoms with Crippen molar-refractivity contribution in [2.45, 2.75) is 38.9 Å². The summed E-state index contributed by atoms with van der Waals surface area (Å²) in [7, 11) is 2.13. The molecule has 1 aliphatic rings. The molecule has 6 nitrogen and oxygen atoms in total. The Kier molecular flexibility index (Phi) is 10.5. The van der Waals surface area contributed by atoms with Crippen LogP contribution in [-0.4, -0.2) is 61.2 Å². The topological polar surface area (TPSA) is 55.8 Å². The number of halogens is 2. The molecule has 2 atom stereocenters. The molecule has 1 aromatic carbocycles. The predicted molar refractivity (Wildman–Crippen MR) is 137 cm³/mol. The van der Waals surface area contributed by atoms with Crippen molar-refractivity contribution in [3.8, 4) is 0 Å². The van der Waals surface area contributed by atoms with Crippen LogP contribution in [-0.2, 0) is 6.54 Å². The molecule has 1 aliphatic heterocycles. The zero-order valence-electron chi connectivity index (χ0n) is 18.6. The van der Waals surface area contributed by atoms with Crippen LogP contribution in [0.15, 0.2) is 53.7 Å². The lowest BCUT2D eigenvalue weighted by molar-refractivity contribution is 0.255. The molecule has 0 radical (unpaired) electrons. The van der Waals surface area contributed by atoms with Crippen molar-refractivity contribution >= 4 is 35.8 Å². The van der Waals surface area contributed by atoms with Crippen LogP contribution in [0.25, 0.3) is 0 Å². The van der Waals surface area contributed by atoms with Crippen molar-refractivity contribution in [1.29, 1.82) is 0 Å². The molecule has 170 valence electrons. The Balaban J connectivity index is 0.00000341. The van der Waals surface area contributed by atoms with E-state index in [0.717, 1.165) is 32.0 Å².